The summed E-state index contributed by atoms with van der Waals surface area (Å²) in [5.74, 6) is -3.53. The lowest BCUT2D eigenvalue weighted by Crippen LogP contribution is -2.00. The molecule has 0 fully saturated rings. The zero-order chi connectivity index (χ0) is 15.6. The molecule has 108 valence electrons. The first-order valence-corrected chi connectivity index (χ1v) is 6.35. The number of halogens is 2. The Bertz CT molecular complexity index is 736. The van der Waals surface area contributed by atoms with Crippen LogP contribution in [-0.4, -0.2) is 16.0 Å². The van der Waals surface area contributed by atoms with Crippen LogP contribution < -0.4 is 0 Å². The van der Waals surface area contributed by atoms with Gasteiger partial charge in [0, 0.05) is 11.0 Å². The number of rotatable bonds is 4. The third-order valence-corrected chi connectivity index (χ3v) is 3.62. The van der Waals surface area contributed by atoms with Crippen molar-refractivity contribution in [2.45, 2.75) is 9.79 Å². The molecule has 0 radical (unpaired) electrons. The molecule has 0 bridgehead atoms. The van der Waals surface area contributed by atoms with Gasteiger partial charge < -0.3 is 5.11 Å². The van der Waals surface area contributed by atoms with Gasteiger partial charge in [-0.15, -0.1) is 0 Å². The molecule has 8 heteroatoms. The van der Waals surface area contributed by atoms with Gasteiger partial charge in [-0.25, -0.2) is 9.18 Å². The molecule has 0 amide bonds. The van der Waals surface area contributed by atoms with Crippen LogP contribution in [0.15, 0.2) is 46.2 Å². The van der Waals surface area contributed by atoms with E-state index < -0.39 is 28.2 Å². The minimum Gasteiger partial charge on any atom is -0.478 e. The molecule has 0 aliphatic rings. The van der Waals surface area contributed by atoms with Crippen LogP contribution in [0.3, 0.4) is 0 Å². The van der Waals surface area contributed by atoms with Crippen LogP contribution in [0.2, 0.25) is 0 Å². The summed E-state index contributed by atoms with van der Waals surface area (Å²) in [6.07, 6.45) is 0. The third kappa shape index (κ3) is 3.16. The van der Waals surface area contributed by atoms with Crippen molar-refractivity contribution in [2.24, 2.45) is 0 Å². The van der Waals surface area contributed by atoms with Gasteiger partial charge >= 0.3 is 11.7 Å². The van der Waals surface area contributed by atoms with Crippen molar-refractivity contribution in [1.29, 1.82) is 0 Å². The number of carbonyl (C=O) groups is 1. The van der Waals surface area contributed by atoms with E-state index in [1.165, 1.54) is 24.3 Å². The highest BCUT2D eigenvalue weighted by Gasteiger charge is 2.24. The largest absolute Gasteiger partial charge is 0.478 e. The number of carboxylic acids is 1. The molecule has 0 spiro atoms. The van der Waals surface area contributed by atoms with Gasteiger partial charge in [0.15, 0.2) is 0 Å². The predicted octanol–water partition coefficient (Wildman–Crippen LogP) is 3.72. The Labute approximate surface area is 121 Å². The minimum absolute atomic E-state index is 0.110. The molecule has 21 heavy (non-hydrogen) atoms. The van der Waals surface area contributed by atoms with Gasteiger partial charge in [-0.05, 0) is 18.2 Å². The molecule has 0 aromatic heterocycles. The molecular formula is C13H7F2NO4S. The average Bonchev–Trinajstić information content (AvgIpc) is 2.37. The van der Waals surface area contributed by atoms with E-state index in [0.29, 0.717) is 17.8 Å². The van der Waals surface area contributed by atoms with Gasteiger partial charge in [0.25, 0.3) is 0 Å². The molecule has 0 saturated heterocycles. The van der Waals surface area contributed by atoms with E-state index in [1.54, 1.807) is 0 Å². The molecule has 1 N–H and O–H groups in total. The molecule has 5 nitrogen and oxygen atoms in total. The summed E-state index contributed by atoms with van der Waals surface area (Å²) in [5.41, 5.74) is -0.997. The highest BCUT2D eigenvalue weighted by atomic mass is 32.2. The second-order valence-corrected chi connectivity index (χ2v) is 4.98. The van der Waals surface area contributed by atoms with Crippen LogP contribution in [0.25, 0.3) is 0 Å². The lowest BCUT2D eigenvalue weighted by Gasteiger charge is -2.07. The number of nitro benzene ring substituents is 1. The van der Waals surface area contributed by atoms with E-state index in [9.17, 15) is 23.7 Å². The fraction of sp³-hybridized carbons (Fsp3) is 0. The maximum atomic E-state index is 13.5. The highest BCUT2D eigenvalue weighted by Crippen LogP contribution is 2.38. The summed E-state index contributed by atoms with van der Waals surface area (Å²) in [4.78, 5) is 20.8. The standard InChI is InChI=1S/C13H7F2NO4S/c14-7-5-9(15)12(16(19)20)11(6-7)21-10-4-2-1-3-8(10)13(17)18/h1-6H,(H,17,18). The molecule has 2 aromatic rings. The SMILES string of the molecule is O=C(O)c1ccccc1Sc1cc(F)cc(F)c1[N+](=O)[O-]. The van der Waals surface area contributed by atoms with Crippen LogP contribution in [0, 0.1) is 21.7 Å². The van der Waals surface area contributed by atoms with Crippen molar-refractivity contribution in [2.75, 3.05) is 0 Å². The fourth-order valence-corrected chi connectivity index (χ4v) is 2.74. The quantitative estimate of drug-likeness (QED) is 0.687. The first kappa shape index (κ1) is 14.9. The van der Waals surface area contributed by atoms with Gasteiger partial charge in [-0.3, -0.25) is 10.1 Å². The Morgan fingerprint density at radius 3 is 2.48 bits per heavy atom. The second-order valence-electron chi connectivity index (χ2n) is 3.89. The van der Waals surface area contributed by atoms with E-state index in [1.807, 2.05) is 0 Å². The van der Waals surface area contributed by atoms with E-state index in [-0.39, 0.29) is 15.4 Å². The Morgan fingerprint density at radius 1 is 1.19 bits per heavy atom. The molecule has 2 aromatic carbocycles. The predicted molar refractivity (Wildman–Crippen MR) is 70.5 cm³/mol. The number of carboxylic acid groups (broad SMARTS) is 1. The summed E-state index contributed by atoms with van der Waals surface area (Å²) in [5, 5.41) is 19.9. The van der Waals surface area contributed by atoms with Gasteiger partial charge in [0.1, 0.15) is 5.82 Å². The van der Waals surface area contributed by atoms with E-state index in [2.05, 4.69) is 0 Å². The van der Waals surface area contributed by atoms with E-state index in [0.717, 1.165) is 6.07 Å². The van der Waals surface area contributed by atoms with Gasteiger partial charge in [-0.2, -0.15) is 4.39 Å². The zero-order valence-corrected chi connectivity index (χ0v) is 11.1. The average molecular weight is 311 g/mol. The first-order valence-electron chi connectivity index (χ1n) is 5.53. The number of nitrogens with zero attached hydrogens (tertiary/aromatic N) is 1. The molecule has 0 aliphatic heterocycles. The van der Waals surface area contributed by atoms with Crippen LogP contribution in [0.1, 0.15) is 10.4 Å². The first-order chi connectivity index (χ1) is 9.90. The van der Waals surface area contributed by atoms with Gasteiger partial charge in [-0.1, -0.05) is 23.9 Å². The Hall–Kier alpha value is -2.48. The molecule has 0 unspecified atom stereocenters. The van der Waals surface area contributed by atoms with Gasteiger partial charge in [0.05, 0.1) is 15.4 Å². The fourth-order valence-electron chi connectivity index (χ4n) is 1.65. The molecule has 0 aliphatic carbocycles. The topological polar surface area (TPSA) is 80.4 Å². The van der Waals surface area contributed by atoms with Crippen molar-refractivity contribution in [3.05, 3.63) is 63.7 Å². The Morgan fingerprint density at radius 2 is 1.86 bits per heavy atom. The lowest BCUT2D eigenvalue weighted by atomic mass is 10.2. The smallest absolute Gasteiger partial charge is 0.336 e. The number of hydrogen-bond donors (Lipinski definition) is 1. The van der Waals surface area contributed by atoms with Gasteiger partial charge in [0.2, 0.25) is 5.82 Å². The third-order valence-electron chi connectivity index (χ3n) is 2.51. The highest BCUT2D eigenvalue weighted by molar-refractivity contribution is 7.99. The monoisotopic (exact) mass is 311 g/mol. The Kier molecular flexibility index (Phi) is 4.18. The minimum atomic E-state index is -1.31. The second kappa shape index (κ2) is 5.88. The summed E-state index contributed by atoms with van der Waals surface area (Å²) >= 11 is 0.623. The van der Waals surface area contributed by atoms with Crippen molar-refractivity contribution in [3.63, 3.8) is 0 Å². The normalized spacial score (nSPS) is 10.4. The van der Waals surface area contributed by atoms with Crippen LogP contribution >= 0.6 is 11.8 Å². The van der Waals surface area contributed by atoms with Crippen LogP contribution in [0.5, 0.6) is 0 Å². The van der Waals surface area contributed by atoms with E-state index in [4.69, 9.17) is 5.11 Å². The zero-order valence-electron chi connectivity index (χ0n) is 10.2. The summed E-state index contributed by atoms with van der Waals surface area (Å²) in [6, 6.07) is 6.91. The maximum absolute atomic E-state index is 13.5. The number of benzene rings is 2. The van der Waals surface area contributed by atoms with Crippen molar-refractivity contribution in [3.8, 4) is 0 Å². The van der Waals surface area contributed by atoms with Crippen molar-refractivity contribution in [1.82, 2.24) is 0 Å². The Balaban J connectivity index is 2.54. The number of nitro groups is 1. The maximum Gasteiger partial charge on any atom is 0.336 e. The van der Waals surface area contributed by atoms with E-state index >= 15 is 0 Å². The lowest BCUT2D eigenvalue weighted by molar-refractivity contribution is -0.390. The van der Waals surface area contributed by atoms with Crippen LogP contribution in [-0.2, 0) is 0 Å². The van der Waals surface area contributed by atoms with Crippen molar-refractivity contribution >= 4 is 23.4 Å². The summed E-state index contributed by atoms with van der Waals surface area (Å²) < 4.78 is 26.8. The summed E-state index contributed by atoms with van der Waals surface area (Å²) in [6.45, 7) is 0. The molecule has 0 saturated carbocycles. The molecule has 0 heterocycles. The molecule has 2 rings (SSSR count). The van der Waals surface area contributed by atoms with Crippen LogP contribution in [0.4, 0.5) is 14.5 Å². The number of hydrogen-bond acceptors (Lipinski definition) is 4. The number of aromatic carboxylic acids is 1. The van der Waals surface area contributed by atoms with Crippen molar-refractivity contribution < 1.29 is 23.6 Å². The molecule has 0 atom stereocenters. The molecular weight excluding hydrogens is 304 g/mol. The summed E-state index contributed by atoms with van der Waals surface area (Å²) in [7, 11) is 0.